The van der Waals surface area contributed by atoms with Gasteiger partial charge in [-0.1, -0.05) is 6.07 Å². The Morgan fingerprint density at radius 1 is 1.12 bits per heavy atom. The molecule has 1 saturated heterocycles. The van der Waals surface area contributed by atoms with E-state index in [0.717, 1.165) is 36.2 Å². The van der Waals surface area contributed by atoms with E-state index in [1.54, 1.807) is 42.9 Å². The Morgan fingerprint density at radius 3 is 2.73 bits per heavy atom. The van der Waals surface area contributed by atoms with Crippen LogP contribution in [0.25, 0.3) is 22.5 Å². The summed E-state index contributed by atoms with van der Waals surface area (Å²) in [5.74, 6) is 1.50. The van der Waals surface area contributed by atoms with Gasteiger partial charge in [-0.2, -0.15) is 0 Å². The maximum Gasteiger partial charge on any atom is 0.320 e. The first-order chi connectivity index (χ1) is 19.9. The van der Waals surface area contributed by atoms with E-state index in [4.69, 9.17) is 10.5 Å². The maximum absolute atomic E-state index is 14.7. The SMILES string of the molecule is CCNC(=O)Nc1ccc(-c2cnc(Nc3ccnc(-c4c(F)cccc4OC)n3)cc2N2CCC[C@H](N)C2)cn1. The molecule has 1 aliphatic heterocycles. The van der Waals surface area contributed by atoms with Crippen LogP contribution in [-0.2, 0) is 0 Å². The lowest BCUT2D eigenvalue weighted by molar-refractivity contribution is 0.252. The number of anilines is 4. The summed E-state index contributed by atoms with van der Waals surface area (Å²) < 4.78 is 20.0. The lowest BCUT2D eigenvalue weighted by Crippen LogP contribution is -2.43. The standard InChI is InChI=1S/C29H32FN9O2/c1-3-32-29(40)38-24-10-9-18(15-34-24)20-16-35-26(14-22(20)39-13-5-6-19(31)17-39)36-25-11-12-33-28(37-25)27-21(30)7-4-8-23(27)41-2/h4,7-12,14-16,19H,3,5-6,13,17,31H2,1-2H3,(H2,32,34,38,40)(H,33,35,36,37)/t19-/m0/s1. The second-order valence-electron chi connectivity index (χ2n) is 9.56. The predicted molar refractivity (Wildman–Crippen MR) is 157 cm³/mol. The highest BCUT2D eigenvalue weighted by molar-refractivity contribution is 5.88. The number of carbonyl (C=O) groups excluding carboxylic acids is 1. The number of piperidine rings is 1. The Hall–Kier alpha value is -4.84. The van der Waals surface area contributed by atoms with Crippen LogP contribution in [0.2, 0.25) is 0 Å². The van der Waals surface area contributed by atoms with Crippen molar-refractivity contribution in [2.75, 3.05) is 42.3 Å². The van der Waals surface area contributed by atoms with Gasteiger partial charge in [0.1, 0.15) is 29.0 Å². The number of hydrogen-bond donors (Lipinski definition) is 4. The van der Waals surface area contributed by atoms with Crippen LogP contribution in [0, 0.1) is 5.82 Å². The van der Waals surface area contributed by atoms with Gasteiger partial charge in [0.15, 0.2) is 5.82 Å². The van der Waals surface area contributed by atoms with Gasteiger partial charge in [-0.25, -0.2) is 29.1 Å². The molecule has 3 aromatic heterocycles. The Labute approximate surface area is 237 Å². The third-order valence-corrected chi connectivity index (χ3v) is 6.66. The van der Waals surface area contributed by atoms with Gasteiger partial charge in [-0.15, -0.1) is 0 Å². The Bertz CT molecular complexity index is 1520. The van der Waals surface area contributed by atoms with Crippen molar-refractivity contribution >= 4 is 29.2 Å². The molecule has 2 amide bonds. The minimum Gasteiger partial charge on any atom is -0.496 e. The average molecular weight is 558 g/mol. The van der Waals surface area contributed by atoms with E-state index in [-0.39, 0.29) is 23.5 Å². The van der Waals surface area contributed by atoms with Crippen LogP contribution in [0.3, 0.4) is 0 Å². The van der Waals surface area contributed by atoms with Crippen LogP contribution >= 0.6 is 0 Å². The molecule has 0 unspecified atom stereocenters. The first kappa shape index (κ1) is 27.7. The van der Waals surface area contributed by atoms with Crippen molar-refractivity contribution in [3.8, 4) is 28.3 Å². The second kappa shape index (κ2) is 12.6. The van der Waals surface area contributed by atoms with Crippen LogP contribution in [0.15, 0.2) is 61.1 Å². The zero-order valence-electron chi connectivity index (χ0n) is 22.9. The normalized spacial score (nSPS) is 14.8. The van der Waals surface area contributed by atoms with Gasteiger partial charge in [-0.3, -0.25) is 5.32 Å². The van der Waals surface area contributed by atoms with Crippen molar-refractivity contribution in [1.29, 1.82) is 0 Å². The van der Waals surface area contributed by atoms with Crippen LogP contribution in [0.5, 0.6) is 5.75 Å². The van der Waals surface area contributed by atoms with E-state index in [9.17, 15) is 9.18 Å². The van der Waals surface area contributed by atoms with Crippen LogP contribution in [0.4, 0.5) is 32.3 Å². The minimum atomic E-state index is -0.478. The molecule has 0 spiro atoms. The van der Waals surface area contributed by atoms with Crippen LogP contribution < -0.4 is 31.3 Å². The summed E-state index contributed by atoms with van der Waals surface area (Å²) in [6.45, 7) is 3.91. The van der Waals surface area contributed by atoms with Gasteiger partial charge in [0.25, 0.3) is 0 Å². The lowest BCUT2D eigenvalue weighted by atomic mass is 10.0. The highest BCUT2D eigenvalue weighted by Gasteiger charge is 2.22. The first-order valence-corrected chi connectivity index (χ1v) is 13.4. The summed E-state index contributed by atoms with van der Waals surface area (Å²) in [7, 11) is 1.47. The van der Waals surface area contributed by atoms with Gasteiger partial charge in [0, 0.05) is 67.1 Å². The summed E-state index contributed by atoms with van der Waals surface area (Å²) in [5, 5.41) is 8.63. The number of benzene rings is 1. The molecule has 1 fully saturated rings. The zero-order valence-corrected chi connectivity index (χ0v) is 22.9. The lowest BCUT2D eigenvalue weighted by Gasteiger charge is -2.34. The van der Waals surface area contributed by atoms with E-state index >= 15 is 0 Å². The molecule has 4 heterocycles. The maximum atomic E-state index is 14.7. The fourth-order valence-corrected chi connectivity index (χ4v) is 4.75. The zero-order chi connectivity index (χ0) is 28.8. The van der Waals surface area contributed by atoms with Gasteiger partial charge in [0.05, 0.1) is 12.7 Å². The van der Waals surface area contributed by atoms with E-state index in [0.29, 0.717) is 36.3 Å². The molecule has 1 aliphatic rings. The molecule has 0 aliphatic carbocycles. The minimum absolute atomic E-state index is 0.0584. The predicted octanol–water partition coefficient (Wildman–Crippen LogP) is 4.56. The second-order valence-corrected chi connectivity index (χ2v) is 9.56. The topological polar surface area (TPSA) is 143 Å². The summed E-state index contributed by atoms with van der Waals surface area (Å²) in [6, 6.07) is 11.6. The quantitative estimate of drug-likeness (QED) is 0.245. The first-order valence-electron chi connectivity index (χ1n) is 13.4. The van der Waals surface area contributed by atoms with E-state index in [1.807, 2.05) is 19.1 Å². The van der Waals surface area contributed by atoms with E-state index in [1.165, 1.54) is 13.2 Å². The number of nitrogens with zero attached hydrogens (tertiary/aromatic N) is 5. The molecule has 5 N–H and O–H groups in total. The number of pyridine rings is 2. The summed E-state index contributed by atoms with van der Waals surface area (Å²) >= 11 is 0. The number of ether oxygens (including phenoxy) is 1. The molecule has 0 saturated carbocycles. The molecule has 0 radical (unpaired) electrons. The number of methoxy groups -OCH3 is 1. The van der Waals surface area contributed by atoms with Crippen molar-refractivity contribution in [3.05, 3.63) is 66.9 Å². The third kappa shape index (κ3) is 6.49. The molecule has 1 aromatic carbocycles. The Morgan fingerprint density at radius 2 is 1.98 bits per heavy atom. The number of hydrogen-bond acceptors (Lipinski definition) is 9. The fraction of sp³-hybridized carbons (Fsp3) is 0.276. The number of carbonyl (C=O) groups is 1. The average Bonchev–Trinajstić information content (AvgIpc) is 2.98. The molecular weight excluding hydrogens is 525 g/mol. The van der Waals surface area contributed by atoms with Gasteiger partial charge in [-0.05, 0) is 50.1 Å². The fourth-order valence-electron chi connectivity index (χ4n) is 4.75. The number of nitrogens with one attached hydrogen (secondary N) is 3. The van der Waals surface area contributed by atoms with Crippen molar-refractivity contribution in [2.45, 2.75) is 25.8 Å². The highest BCUT2D eigenvalue weighted by Crippen LogP contribution is 2.35. The smallest absolute Gasteiger partial charge is 0.320 e. The number of halogens is 1. The summed E-state index contributed by atoms with van der Waals surface area (Å²) in [5.41, 5.74) is 9.16. The number of rotatable bonds is 8. The number of amides is 2. The third-order valence-electron chi connectivity index (χ3n) is 6.66. The Kier molecular flexibility index (Phi) is 8.49. The van der Waals surface area contributed by atoms with Gasteiger partial charge >= 0.3 is 6.03 Å². The molecule has 11 nitrogen and oxygen atoms in total. The van der Waals surface area contributed by atoms with Crippen molar-refractivity contribution in [2.24, 2.45) is 5.73 Å². The largest absolute Gasteiger partial charge is 0.496 e. The summed E-state index contributed by atoms with van der Waals surface area (Å²) in [4.78, 5) is 31.9. The van der Waals surface area contributed by atoms with Crippen molar-refractivity contribution < 1.29 is 13.9 Å². The molecule has 212 valence electrons. The molecule has 0 bridgehead atoms. The van der Waals surface area contributed by atoms with Crippen LogP contribution in [-0.4, -0.2) is 58.8 Å². The van der Waals surface area contributed by atoms with E-state index < -0.39 is 5.82 Å². The molecule has 1 atom stereocenters. The van der Waals surface area contributed by atoms with Crippen molar-refractivity contribution in [3.63, 3.8) is 0 Å². The number of urea groups is 1. The molecule has 41 heavy (non-hydrogen) atoms. The molecule has 4 aromatic rings. The van der Waals surface area contributed by atoms with Gasteiger partial charge in [0.2, 0.25) is 0 Å². The van der Waals surface area contributed by atoms with Crippen molar-refractivity contribution in [1.82, 2.24) is 25.3 Å². The van der Waals surface area contributed by atoms with Gasteiger partial charge < -0.3 is 26.0 Å². The Balaban J connectivity index is 1.45. The highest BCUT2D eigenvalue weighted by atomic mass is 19.1. The monoisotopic (exact) mass is 557 g/mol. The summed E-state index contributed by atoms with van der Waals surface area (Å²) in [6.07, 6.45) is 6.97. The molecule has 5 rings (SSSR count). The van der Waals surface area contributed by atoms with E-state index in [2.05, 4.69) is 40.8 Å². The number of nitrogens with two attached hydrogens (primary N) is 1. The molecule has 12 heteroatoms. The van der Waals surface area contributed by atoms with Crippen LogP contribution in [0.1, 0.15) is 19.8 Å². The number of aromatic nitrogens is 4. The molecular formula is C29H32FN9O2.